The third-order valence-corrected chi connectivity index (χ3v) is 16.3. The maximum absolute atomic E-state index is 12.5. The van der Waals surface area contributed by atoms with Gasteiger partial charge >= 0.3 is 0 Å². The molecule has 0 unspecified atom stereocenters. The Hall–Kier alpha value is -2.68. The van der Waals surface area contributed by atoms with Crippen LogP contribution in [0.5, 0.6) is 0 Å². The normalized spacial score (nSPS) is 31.1. The Morgan fingerprint density at radius 3 is 0.455 bits per heavy atom. The lowest BCUT2D eigenvalue weighted by Crippen LogP contribution is -2.67. The number of hydrogen-bond donors (Lipinski definition) is 0. The Balaban J connectivity index is 2.36. The Morgan fingerprint density at radius 1 is 0.205 bits per heavy atom. The molecule has 4 rings (SSSR count). The molecule has 0 heterocycles. The van der Waals surface area contributed by atoms with E-state index in [1.165, 1.54) is 0 Å². The van der Waals surface area contributed by atoms with Crippen LogP contribution < -0.4 is 0 Å². The van der Waals surface area contributed by atoms with Gasteiger partial charge in [0.25, 0.3) is 0 Å². The Bertz CT molecular complexity index is 3600. The average molecular weight is 1520 g/mol. The largest absolute Gasteiger partial charge is 0.726 e. The molecule has 0 bridgehead atoms. The summed E-state index contributed by atoms with van der Waals surface area (Å²) in [4.78, 5) is -0.316. The van der Waals surface area contributed by atoms with Gasteiger partial charge in [0.2, 0.25) is 125 Å². The summed E-state index contributed by atoms with van der Waals surface area (Å²) >= 11 is 0. The first kappa shape index (κ1) is 77.8. The molecule has 4 aliphatic carbocycles. The average Bonchev–Trinajstić information content (AvgIpc) is 0.812. The zero-order valence-corrected chi connectivity index (χ0v) is 50.5. The molecule has 514 valence electrons. The van der Waals surface area contributed by atoms with Gasteiger partial charge in [-0.1, -0.05) is 48.6 Å². The summed E-state index contributed by atoms with van der Waals surface area (Å²) in [5.74, 6) is 0. The van der Waals surface area contributed by atoms with Crippen molar-refractivity contribution in [1.82, 2.24) is 9.80 Å². The van der Waals surface area contributed by atoms with E-state index in [2.05, 4.69) is 50.2 Å². The number of hydrogen-bond acceptors (Lipinski definition) is 50. The van der Waals surface area contributed by atoms with Gasteiger partial charge in [0, 0.05) is 13.1 Å². The molecule has 0 saturated heterocycles. The summed E-state index contributed by atoms with van der Waals surface area (Å²) in [5.41, 5.74) is 0. The molecule has 0 N–H and O–H groups in total. The predicted molar refractivity (Wildman–Crippen MR) is 240 cm³/mol. The van der Waals surface area contributed by atoms with Gasteiger partial charge in [-0.25, -0.2) is 101 Å². The van der Waals surface area contributed by atoms with Crippen molar-refractivity contribution in [1.29, 1.82) is 0 Å². The van der Waals surface area contributed by atoms with E-state index < -0.39 is 235 Å². The van der Waals surface area contributed by atoms with Crippen LogP contribution in [0.3, 0.4) is 0 Å². The van der Waals surface area contributed by atoms with Gasteiger partial charge in [-0.05, 0) is 0 Å². The highest BCUT2D eigenvalue weighted by molar-refractivity contribution is 7.83. The van der Waals surface area contributed by atoms with Crippen molar-refractivity contribution >= 4 is 125 Å². The van der Waals surface area contributed by atoms with Crippen molar-refractivity contribution < 1.29 is 206 Å². The van der Waals surface area contributed by atoms with Crippen molar-refractivity contribution in [2.24, 2.45) is 0 Å². The van der Waals surface area contributed by atoms with Gasteiger partial charge < -0.3 is 54.6 Å². The van der Waals surface area contributed by atoms with E-state index >= 15 is 0 Å². The quantitative estimate of drug-likeness (QED) is 0.0353. The monoisotopic (exact) mass is 1520 g/mol. The van der Waals surface area contributed by atoms with Crippen LogP contribution in [0, 0.1) is 0 Å². The van der Waals surface area contributed by atoms with Crippen LogP contribution in [0.2, 0.25) is 0 Å². The smallest absolute Gasteiger partial charge is 0.218 e. The van der Waals surface area contributed by atoms with Gasteiger partial charge in [0.05, 0.1) is 24.2 Å². The Morgan fingerprint density at radius 2 is 0.330 bits per heavy atom. The molecular formula is C26H28N2O48S12-12. The molecule has 0 aromatic rings. The zero-order chi connectivity index (χ0) is 67.9. The fourth-order valence-corrected chi connectivity index (χ4v) is 14.3. The molecule has 88 heavy (non-hydrogen) atoms. The lowest BCUT2D eigenvalue weighted by molar-refractivity contribution is -0.0970. The molecule has 62 heteroatoms. The van der Waals surface area contributed by atoms with E-state index in [1.807, 2.05) is 0 Å². The first-order valence-corrected chi connectivity index (χ1v) is 37.0. The first-order chi connectivity index (χ1) is 39.1. The van der Waals surface area contributed by atoms with Crippen LogP contribution in [0.4, 0.5) is 0 Å². The topological polar surface area (TPSA) is 804 Å². The lowest BCUT2D eigenvalue weighted by Gasteiger charge is -2.51. The third-order valence-electron chi connectivity index (χ3n) is 10.8. The summed E-state index contributed by atoms with van der Waals surface area (Å²) in [5, 5.41) is 0. The minimum Gasteiger partial charge on any atom is -0.726 e. The zero-order valence-electron chi connectivity index (χ0n) is 40.7. The van der Waals surface area contributed by atoms with Crippen LogP contribution in [0.1, 0.15) is 0 Å². The van der Waals surface area contributed by atoms with Gasteiger partial charge in [-0.3, -0.25) is 60.0 Å². The highest BCUT2D eigenvalue weighted by Crippen LogP contribution is 2.38. The second-order valence-electron chi connectivity index (χ2n) is 16.6. The maximum atomic E-state index is 12.5. The number of rotatable bonds is 31. The molecule has 0 fully saturated rings. The standard InChI is InChI=1S/C26H40N2O48S12/c29-77(30,31)65-15-5-1-11(19(69-81(41,42)43)23(15)73-85(53,54)55)27(12-2-6-16(66-78(32,33)34)24(74-86(56,57)58)20(12)70-82(44,45)46)9-10-28(13-3-7-17(67-79(35,36)37)25(75-87(59,60)61)21(13)71-83(47,48)49)14-4-8-18(68-80(38,39)40)26(76-88(62,63)64)22(14)72-84(50,51)52/h1-8,11-26H,9-10H2,(H,29,30,31)(H,32,33,34)(H,35,36,37)(H,38,39,40)(H,41,42,43)(H,44,45,46)(H,47,48,49)(H,50,51,52)(H,53,54,55)(H,56,57,58)(H,59,60,61)(H,62,63,64)/p-12/t11-,12-,13-,14-,15+,16+,17+,18+,19+,20+,21+,22+,23+,24+,25+,26+/m0/s1. The molecule has 50 nitrogen and oxygen atoms in total. The lowest BCUT2D eigenvalue weighted by atomic mass is 9.87. The van der Waals surface area contributed by atoms with Crippen molar-refractivity contribution in [2.75, 3.05) is 13.1 Å². The van der Waals surface area contributed by atoms with Crippen LogP contribution >= 0.6 is 0 Å². The molecule has 0 aromatic heterocycles. The summed E-state index contributed by atoms with van der Waals surface area (Å²) in [6.07, 6.45) is -41.3. The third kappa shape index (κ3) is 26.4. The molecule has 0 amide bonds. The SMILES string of the molecule is O=S(=O)([O-])O[C@H]1[C@H](OS(=O)(=O)[O-])[C@@H](N(CCN([C@H]2C=C[C@@H](OS(=O)(=O)[O-])[C@@H](OS(=O)(=O)[O-])[C@@H]2OS(=O)(=O)[O-])[C@H]2C=C[C@@H](OS(=O)(=O)[O-])[C@@H](OS(=O)(=O)[O-])[C@@H]2OS(=O)(=O)[O-])[C@H]2C=C[C@@H](OS(=O)(=O)[O-])[C@@H](OS(=O)(=O)[O-])[C@@H]2OS(=O)(=O)[O-])C=C[C@H]1OS(=O)(=O)[O-]. The van der Waals surface area contributed by atoms with Crippen LogP contribution in [0.15, 0.2) is 48.6 Å². The fraction of sp³-hybridized carbons (Fsp3) is 0.692. The Kier molecular flexibility index (Phi) is 24.5. The van der Waals surface area contributed by atoms with Gasteiger partial charge in [-0.2, -0.15) is 0 Å². The minimum atomic E-state index is -6.77. The molecule has 0 aromatic carbocycles. The molecule has 0 aliphatic heterocycles. The van der Waals surface area contributed by atoms with Crippen LogP contribution in [-0.2, 0) is 175 Å². The summed E-state index contributed by atoms with van der Waals surface area (Å²) in [6, 6.07) is -12.5. The van der Waals surface area contributed by atoms with Gasteiger partial charge in [0.1, 0.15) is 73.2 Å². The van der Waals surface area contributed by atoms with E-state index in [0.29, 0.717) is 0 Å². The van der Waals surface area contributed by atoms with E-state index in [-0.39, 0.29) is 58.4 Å². The summed E-state index contributed by atoms with van der Waals surface area (Å²) < 4.78 is 487. The summed E-state index contributed by atoms with van der Waals surface area (Å²) in [7, 11) is -79.3. The Labute approximate surface area is 496 Å². The molecular weight excluding hydrogens is 1490 g/mol. The van der Waals surface area contributed by atoms with Crippen LogP contribution in [-0.4, -0.2) is 276 Å². The van der Waals surface area contributed by atoms with E-state index in [0.717, 1.165) is 0 Å². The molecule has 0 saturated carbocycles. The number of nitrogens with zero attached hydrogens (tertiary/aromatic N) is 2. The van der Waals surface area contributed by atoms with Gasteiger partial charge in [-0.15, -0.1) is 0 Å². The van der Waals surface area contributed by atoms with E-state index in [4.69, 9.17) is 0 Å². The predicted octanol–water partition coefficient (Wildman–Crippen LogP) is -12.5. The second-order valence-corrected chi connectivity index (χ2v) is 28.7. The molecule has 0 radical (unpaired) electrons. The maximum Gasteiger partial charge on any atom is 0.218 e. The molecule has 4 aliphatic rings. The van der Waals surface area contributed by atoms with E-state index in [1.54, 1.807) is 0 Å². The molecule has 0 spiro atoms. The molecule has 16 atom stereocenters. The van der Waals surface area contributed by atoms with Crippen molar-refractivity contribution in [3.63, 3.8) is 0 Å². The van der Waals surface area contributed by atoms with Crippen molar-refractivity contribution in [3.05, 3.63) is 48.6 Å². The van der Waals surface area contributed by atoms with E-state index in [9.17, 15) is 156 Å². The van der Waals surface area contributed by atoms with Gasteiger partial charge in [0.15, 0.2) is 0 Å². The first-order valence-electron chi connectivity index (χ1n) is 21.0. The fourth-order valence-electron chi connectivity index (χ4n) is 8.58. The van der Waals surface area contributed by atoms with Crippen LogP contribution in [0.25, 0.3) is 0 Å². The van der Waals surface area contributed by atoms with Crippen molar-refractivity contribution in [3.8, 4) is 0 Å². The van der Waals surface area contributed by atoms with Crippen molar-refractivity contribution in [2.45, 2.75) is 97.4 Å². The minimum absolute atomic E-state index is 0.0320. The summed E-state index contributed by atoms with van der Waals surface area (Å²) in [6.45, 7) is -4.09. The second kappa shape index (κ2) is 27.7. The highest BCUT2D eigenvalue weighted by Gasteiger charge is 2.54. The highest BCUT2D eigenvalue weighted by atomic mass is 32.3.